The molecule has 0 amide bonds. The SMILES string of the molecule is CN[C@]1(C)CN(C)C[C@H]1OC. The highest BCUT2D eigenvalue weighted by atomic mass is 16.5. The Morgan fingerprint density at radius 2 is 2.27 bits per heavy atom. The zero-order valence-corrected chi connectivity index (χ0v) is 7.85. The topological polar surface area (TPSA) is 24.5 Å². The van der Waals surface area contributed by atoms with E-state index in [0.717, 1.165) is 13.1 Å². The van der Waals surface area contributed by atoms with Crippen LogP contribution >= 0.6 is 0 Å². The molecule has 0 unspecified atom stereocenters. The van der Waals surface area contributed by atoms with Crippen molar-refractivity contribution in [3.8, 4) is 0 Å². The number of nitrogens with zero attached hydrogens (tertiary/aromatic N) is 1. The molecule has 2 atom stereocenters. The summed E-state index contributed by atoms with van der Waals surface area (Å²) in [6, 6.07) is 0. The lowest BCUT2D eigenvalue weighted by molar-refractivity contribution is 0.0600. The van der Waals surface area contributed by atoms with Crippen LogP contribution in [-0.4, -0.2) is 50.8 Å². The van der Waals surface area contributed by atoms with Crippen LogP contribution in [0.2, 0.25) is 0 Å². The first-order chi connectivity index (χ1) is 5.12. The number of rotatable bonds is 2. The summed E-state index contributed by atoms with van der Waals surface area (Å²) in [4.78, 5) is 2.28. The first-order valence-electron chi connectivity index (χ1n) is 4.02. The quantitative estimate of drug-likeness (QED) is 0.608. The van der Waals surface area contributed by atoms with Gasteiger partial charge < -0.3 is 15.0 Å². The van der Waals surface area contributed by atoms with Gasteiger partial charge in [-0.15, -0.1) is 0 Å². The molecule has 1 N–H and O–H groups in total. The molecule has 0 saturated carbocycles. The molecule has 0 aromatic rings. The summed E-state index contributed by atoms with van der Waals surface area (Å²) in [5.41, 5.74) is 0.128. The van der Waals surface area contributed by atoms with Crippen molar-refractivity contribution in [2.24, 2.45) is 0 Å². The fourth-order valence-corrected chi connectivity index (χ4v) is 1.79. The zero-order chi connectivity index (χ0) is 8.48. The Morgan fingerprint density at radius 3 is 2.64 bits per heavy atom. The van der Waals surface area contributed by atoms with E-state index in [0.29, 0.717) is 6.10 Å². The van der Waals surface area contributed by atoms with E-state index in [9.17, 15) is 0 Å². The molecule has 1 aliphatic rings. The minimum Gasteiger partial charge on any atom is -0.378 e. The molecule has 1 fully saturated rings. The molecule has 66 valence electrons. The first-order valence-corrected chi connectivity index (χ1v) is 4.02. The van der Waals surface area contributed by atoms with Gasteiger partial charge in [0.2, 0.25) is 0 Å². The molecule has 1 aliphatic heterocycles. The molecule has 3 nitrogen and oxygen atoms in total. The van der Waals surface area contributed by atoms with E-state index in [1.54, 1.807) is 7.11 Å². The Bertz CT molecular complexity index is 140. The van der Waals surface area contributed by atoms with Crippen molar-refractivity contribution in [2.75, 3.05) is 34.3 Å². The van der Waals surface area contributed by atoms with Gasteiger partial charge in [0.05, 0.1) is 11.6 Å². The fraction of sp³-hybridized carbons (Fsp3) is 1.00. The lowest BCUT2D eigenvalue weighted by Gasteiger charge is -2.28. The van der Waals surface area contributed by atoms with E-state index in [4.69, 9.17) is 4.74 Å². The smallest absolute Gasteiger partial charge is 0.0888 e. The lowest BCUT2D eigenvalue weighted by Crippen LogP contribution is -2.50. The third-order valence-electron chi connectivity index (χ3n) is 2.64. The second-order valence-corrected chi connectivity index (χ2v) is 3.59. The summed E-state index contributed by atoms with van der Waals surface area (Å²) in [6.07, 6.45) is 0.317. The molecule has 0 aromatic carbocycles. The van der Waals surface area contributed by atoms with Crippen LogP contribution in [0.1, 0.15) is 6.92 Å². The van der Waals surface area contributed by atoms with Gasteiger partial charge in [0.15, 0.2) is 0 Å². The third kappa shape index (κ3) is 1.55. The van der Waals surface area contributed by atoms with Crippen molar-refractivity contribution in [1.29, 1.82) is 0 Å². The van der Waals surface area contributed by atoms with Crippen LogP contribution in [0.4, 0.5) is 0 Å². The largest absolute Gasteiger partial charge is 0.378 e. The molecule has 0 radical (unpaired) electrons. The molecular formula is C8H18N2O. The summed E-state index contributed by atoms with van der Waals surface area (Å²) in [6.45, 7) is 4.28. The van der Waals surface area contributed by atoms with Gasteiger partial charge in [0, 0.05) is 20.2 Å². The fourth-order valence-electron chi connectivity index (χ4n) is 1.79. The Labute approximate surface area is 68.7 Å². The Hall–Kier alpha value is -0.120. The van der Waals surface area contributed by atoms with E-state index >= 15 is 0 Å². The number of hydrogen-bond acceptors (Lipinski definition) is 3. The van der Waals surface area contributed by atoms with Gasteiger partial charge in [-0.05, 0) is 21.0 Å². The van der Waals surface area contributed by atoms with Crippen LogP contribution in [0, 0.1) is 0 Å². The number of ether oxygens (including phenoxy) is 1. The van der Waals surface area contributed by atoms with E-state index in [2.05, 4.69) is 24.2 Å². The molecule has 1 heterocycles. The summed E-state index contributed by atoms with van der Waals surface area (Å²) in [5.74, 6) is 0. The van der Waals surface area contributed by atoms with Gasteiger partial charge in [-0.25, -0.2) is 0 Å². The zero-order valence-electron chi connectivity index (χ0n) is 7.85. The van der Waals surface area contributed by atoms with Crippen molar-refractivity contribution in [2.45, 2.75) is 18.6 Å². The maximum atomic E-state index is 5.38. The molecule has 1 rings (SSSR count). The molecule has 3 heteroatoms. The number of hydrogen-bond donors (Lipinski definition) is 1. The van der Waals surface area contributed by atoms with Crippen molar-refractivity contribution in [3.05, 3.63) is 0 Å². The summed E-state index contributed by atoms with van der Waals surface area (Å²) < 4.78 is 5.38. The highest BCUT2D eigenvalue weighted by Gasteiger charge is 2.40. The van der Waals surface area contributed by atoms with Crippen molar-refractivity contribution in [1.82, 2.24) is 10.2 Å². The van der Waals surface area contributed by atoms with Crippen LogP contribution in [0.25, 0.3) is 0 Å². The third-order valence-corrected chi connectivity index (χ3v) is 2.64. The van der Waals surface area contributed by atoms with Crippen LogP contribution in [-0.2, 0) is 4.74 Å². The lowest BCUT2D eigenvalue weighted by atomic mass is 9.99. The van der Waals surface area contributed by atoms with E-state index in [1.807, 2.05) is 7.05 Å². The highest BCUT2D eigenvalue weighted by Crippen LogP contribution is 2.21. The number of likely N-dealkylation sites (tertiary alicyclic amines) is 1. The molecular weight excluding hydrogens is 140 g/mol. The minimum atomic E-state index is 0.128. The van der Waals surface area contributed by atoms with E-state index < -0.39 is 0 Å². The molecule has 0 bridgehead atoms. The molecule has 11 heavy (non-hydrogen) atoms. The van der Waals surface area contributed by atoms with Crippen LogP contribution in [0.3, 0.4) is 0 Å². The number of likely N-dealkylation sites (N-methyl/N-ethyl adjacent to an activating group) is 2. The maximum absolute atomic E-state index is 5.38. The van der Waals surface area contributed by atoms with E-state index in [-0.39, 0.29) is 5.54 Å². The van der Waals surface area contributed by atoms with Crippen molar-refractivity contribution < 1.29 is 4.74 Å². The Kier molecular flexibility index (Phi) is 2.52. The Balaban J connectivity index is 2.63. The van der Waals surface area contributed by atoms with Gasteiger partial charge >= 0.3 is 0 Å². The Morgan fingerprint density at radius 1 is 1.64 bits per heavy atom. The van der Waals surface area contributed by atoms with E-state index in [1.165, 1.54) is 0 Å². The molecule has 1 saturated heterocycles. The van der Waals surface area contributed by atoms with Crippen LogP contribution in [0.5, 0.6) is 0 Å². The maximum Gasteiger partial charge on any atom is 0.0888 e. The average Bonchev–Trinajstić information content (AvgIpc) is 2.27. The van der Waals surface area contributed by atoms with Gasteiger partial charge in [-0.2, -0.15) is 0 Å². The average molecular weight is 158 g/mol. The molecule has 0 aliphatic carbocycles. The van der Waals surface area contributed by atoms with Crippen molar-refractivity contribution in [3.63, 3.8) is 0 Å². The van der Waals surface area contributed by atoms with Gasteiger partial charge in [-0.1, -0.05) is 0 Å². The first kappa shape index (κ1) is 8.97. The van der Waals surface area contributed by atoms with Gasteiger partial charge in [0.25, 0.3) is 0 Å². The van der Waals surface area contributed by atoms with Crippen molar-refractivity contribution >= 4 is 0 Å². The summed E-state index contributed by atoms with van der Waals surface area (Å²) in [7, 11) is 5.89. The molecule has 0 aromatic heterocycles. The normalized spacial score (nSPS) is 39.8. The second kappa shape index (κ2) is 3.09. The monoisotopic (exact) mass is 158 g/mol. The predicted molar refractivity (Wildman–Crippen MR) is 45.8 cm³/mol. The minimum absolute atomic E-state index is 0.128. The standard InChI is InChI=1S/C8H18N2O/c1-8(9-2)6-10(3)5-7(8)11-4/h7,9H,5-6H2,1-4H3/t7-,8-/m1/s1. The number of nitrogens with one attached hydrogen (secondary N) is 1. The summed E-state index contributed by atoms with van der Waals surface area (Å²) >= 11 is 0. The van der Waals surface area contributed by atoms with Gasteiger partial charge in [0.1, 0.15) is 0 Å². The second-order valence-electron chi connectivity index (χ2n) is 3.59. The summed E-state index contributed by atoms with van der Waals surface area (Å²) in [5, 5.41) is 3.31. The predicted octanol–water partition coefficient (Wildman–Crippen LogP) is -0.0751. The van der Waals surface area contributed by atoms with Crippen LogP contribution in [0.15, 0.2) is 0 Å². The highest BCUT2D eigenvalue weighted by molar-refractivity contribution is 4.99. The number of methoxy groups -OCH3 is 1. The molecule has 0 spiro atoms. The van der Waals surface area contributed by atoms with Crippen LogP contribution < -0.4 is 5.32 Å². The van der Waals surface area contributed by atoms with Gasteiger partial charge in [-0.3, -0.25) is 0 Å².